The number of amides is 1. The molecule has 2 aromatic rings. The third-order valence-corrected chi connectivity index (χ3v) is 5.61. The second-order valence-electron chi connectivity index (χ2n) is 7.49. The molecule has 4 heterocycles. The van der Waals surface area contributed by atoms with Crippen LogP contribution in [0.3, 0.4) is 0 Å². The van der Waals surface area contributed by atoms with E-state index < -0.39 is 11.7 Å². The smallest absolute Gasteiger partial charge is 0.419 e. The highest BCUT2D eigenvalue weighted by Crippen LogP contribution is 2.34. The van der Waals surface area contributed by atoms with Crippen LogP contribution in [0.5, 0.6) is 11.7 Å². The summed E-state index contributed by atoms with van der Waals surface area (Å²) >= 11 is 0. The Kier molecular flexibility index (Phi) is 4.82. The van der Waals surface area contributed by atoms with Crippen molar-refractivity contribution in [2.75, 3.05) is 13.1 Å². The summed E-state index contributed by atoms with van der Waals surface area (Å²) in [6.45, 7) is 4.19. The molecule has 0 radical (unpaired) electrons. The Morgan fingerprint density at radius 1 is 1.29 bits per heavy atom. The molecule has 5 nitrogen and oxygen atoms in total. The first-order chi connectivity index (χ1) is 13.3. The van der Waals surface area contributed by atoms with E-state index in [1.807, 2.05) is 0 Å². The lowest BCUT2D eigenvalue weighted by molar-refractivity contribution is -0.137. The van der Waals surface area contributed by atoms with Gasteiger partial charge in [0.05, 0.1) is 5.56 Å². The number of nitrogens with one attached hydrogen (secondary N) is 1. The molecule has 0 aliphatic carbocycles. The van der Waals surface area contributed by atoms with Crippen LogP contribution in [-0.4, -0.2) is 36.0 Å². The minimum absolute atomic E-state index is 0.150. The summed E-state index contributed by atoms with van der Waals surface area (Å²) in [5.74, 6) is 0.380. The number of hydrogen-bond acceptors (Lipinski definition) is 4. The molecule has 1 aromatic heterocycles. The Morgan fingerprint density at radius 3 is 2.61 bits per heavy atom. The first-order valence-corrected chi connectivity index (χ1v) is 9.28. The number of carbonyl (C=O) groups is 1. The number of furan rings is 1. The third kappa shape index (κ3) is 3.87. The first-order valence-electron chi connectivity index (χ1n) is 9.28. The lowest BCUT2D eigenvalue weighted by Crippen LogP contribution is -2.60. The van der Waals surface area contributed by atoms with E-state index in [-0.39, 0.29) is 23.6 Å². The SMILES string of the molecule is CC1CC2CCN1CC2NC(=O)c1ccc(Oc2cc(C(F)(F)F)co2)cc1. The lowest BCUT2D eigenvalue weighted by Gasteiger charge is -2.48. The summed E-state index contributed by atoms with van der Waals surface area (Å²) in [6, 6.07) is 7.74. The number of benzene rings is 1. The van der Waals surface area contributed by atoms with E-state index in [9.17, 15) is 18.0 Å². The quantitative estimate of drug-likeness (QED) is 0.840. The van der Waals surface area contributed by atoms with Crippen LogP contribution >= 0.6 is 0 Å². The molecule has 2 bridgehead atoms. The van der Waals surface area contributed by atoms with Crippen LogP contribution in [0.25, 0.3) is 0 Å². The Hall–Kier alpha value is -2.48. The number of halogens is 3. The fraction of sp³-hybridized carbons (Fsp3) is 0.450. The number of rotatable bonds is 4. The van der Waals surface area contributed by atoms with Crippen molar-refractivity contribution in [1.29, 1.82) is 0 Å². The molecule has 3 fully saturated rings. The van der Waals surface area contributed by atoms with Gasteiger partial charge in [0.2, 0.25) is 0 Å². The van der Waals surface area contributed by atoms with Crippen molar-refractivity contribution in [2.24, 2.45) is 5.92 Å². The predicted octanol–water partition coefficient (Wildman–Crippen LogP) is 4.30. The van der Waals surface area contributed by atoms with Gasteiger partial charge in [0, 0.05) is 30.3 Å². The highest BCUT2D eigenvalue weighted by molar-refractivity contribution is 5.94. The van der Waals surface area contributed by atoms with Crippen LogP contribution in [0.1, 0.15) is 35.7 Å². The number of carbonyl (C=O) groups excluding carboxylic acids is 1. The fourth-order valence-electron chi connectivity index (χ4n) is 4.02. The van der Waals surface area contributed by atoms with E-state index in [1.54, 1.807) is 12.1 Å². The molecule has 3 aliphatic heterocycles. The second-order valence-corrected chi connectivity index (χ2v) is 7.49. The van der Waals surface area contributed by atoms with Crippen molar-refractivity contribution < 1.29 is 27.1 Å². The zero-order valence-electron chi connectivity index (χ0n) is 15.3. The normalized spacial score (nSPS) is 26.9. The van der Waals surface area contributed by atoms with Gasteiger partial charge < -0.3 is 14.5 Å². The molecule has 4 atom stereocenters. The molecule has 0 spiro atoms. The molecule has 150 valence electrons. The van der Waals surface area contributed by atoms with Gasteiger partial charge in [-0.2, -0.15) is 13.2 Å². The van der Waals surface area contributed by atoms with Crippen molar-refractivity contribution in [1.82, 2.24) is 10.2 Å². The largest absolute Gasteiger partial charge is 0.433 e. The Balaban J connectivity index is 1.36. The second kappa shape index (κ2) is 7.16. The van der Waals surface area contributed by atoms with Crippen LogP contribution in [0.15, 0.2) is 41.0 Å². The minimum Gasteiger partial charge on any atom is -0.433 e. The fourth-order valence-corrected chi connectivity index (χ4v) is 4.02. The third-order valence-electron chi connectivity index (χ3n) is 5.61. The van der Waals surface area contributed by atoms with E-state index in [0.29, 0.717) is 23.8 Å². The topological polar surface area (TPSA) is 54.7 Å². The molecule has 3 aliphatic rings. The molecule has 8 heteroatoms. The summed E-state index contributed by atoms with van der Waals surface area (Å²) in [4.78, 5) is 14.9. The minimum atomic E-state index is -4.49. The highest BCUT2D eigenvalue weighted by atomic mass is 19.4. The molecule has 1 aromatic carbocycles. The summed E-state index contributed by atoms with van der Waals surface area (Å²) in [7, 11) is 0. The van der Waals surface area contributed by atoms with Crippen LogP contribution < -0.4 is 10.1 Å². The van der Waals surface area contributed by atoms with Crippen molar-refractivity contribution >= 4 is 5.91 Å². The maximum absolute atomic E-state index is 12.6. The van der Waals surface area contributed by atoms with Crippen LogP contribution in [0.2, 0.25) is 0 Å². The van der Waals surface area contributed by atoms with Gasteiger partial charge in [-0.05, 0) is 56.5 Å². The van der Waals surface area contributed by atoms with Gasteiger partial charge in [-0.3, -0.25) is 9.69 Å². The average molecular weight is 394 g/mol. The summed E-state index contributed by atoms with van der Waals surface area (Å²) < 4.78 is 47.8. The molecule has 5 rings (SSSR count). The van der Waals surface area contributed by atoms with Gasteiger partial charge in [-0.15, -0.1) is 0 Å². The lowest BCUT2D eigenvalue weighted by atomic mass is 9.80. The van der Waals surface area contributed by atoms with E-state index in [0.717, 1.165) is 32.0 Å². The van der Waals surface area contributed by atoms with Crippen LogP contribution in [0, 0.1) is 5.92 Å². The van der Waals surface area contributed by atoms with E-state index >= 15 is 0 Å². The van der Waals surface area contributed by atoms with Crippen molar-refractivity contribution in [3.63, 3.8) is 0 Å². The van der Waals surface area contributed by atoms with Gasteiger partial charge in [-0.25, -0.2) is 0 Å². The maximum Gasteiger partial charge on any atom is 0.419 e. The highest BCUT2D eigenvalue weighted by Gasteiger charge is 2.38. The number of hydrogen-bond donors (Lipinski definition) is 1. The summed E-state index contributed by atoms with van der Waals surface area (Å²) in [5, 5.41) is 3.11. The number of piperidine rings is 3. The number of nitrogens with zero attached hydrogens (tertiary/aromatic N) is 1. The Morgan fingerprint density at radius 2 is 2.04 bits per heavy atom. The standard InChI is InChI=1S/C20H21F3N2O3/c1-12-8-14-6-7-25(12)10-17(14)24-19(26)13-2-4-16(5-3-13)28-18-9-15(11-27-18)20(21,22)23/h2-5,9,11-12,14,17H,6-8,10H2,1H3,(H,24,26). The zero-order chi connectivity index (χ0) is 19.9. The Labute approximate surface area is 160 Å². The van der Waals surface area contributed by atoms with Crippen molar-refractivity contribution in [2.45, 2.75) is 38.0 Å². The van der Waals surface area contributed by atoms with E-state index in [2.05, 4.69) is 17.1 Å². The maximum atomic E-state index is 12.6. The van der Waals surface area contributed by atoms with Crippen LogP contribution in [0.4, 0.5) is 13.2 Å². The monoisotopic (exact) mass is 394 g/mol. The van der Waals surface area contributed by atoms with Gasteiger partial charge >= 0.3 is 6.18 Å². The van der Waals surface area contributed by atoms with E-state index in [1.165, 1.54) is 12.1 Å². The number of ether oxygens (including phenoxy) is 1. The molecule has 3 saturated heterocycles. The predicted molar refractivity (Wildman–Crippen MR) is 95.2 cm³/mol. The van der Waals surface area contributed by atoms with Gasteiger partial charge in [0.15, 0.2) is 0 Å². The molecule has 4 unspecified atom stereocenters. The summed E-state index contributed by atoms with van der Waals surface area (Å²) in [6.07, 6.45) is -1.68. The molecular weight excluding hydrogens is 373 g/mol. The van der Waals surface area contributed by atoms with E-state index in [4.69, 9.17) is 9.15 Å². The van der Waals surface area contributed by atoms with Gasteiger partial charge in [-0.1, -0.05) is 0 Å². The first kappa shape index (κ1) is 18.9. The zero-order valence-corrected chi connectivity index (χ0v) is 15.3. The molecule has 28 heavy (non-hydrogen) atoms. The molecule has 0 saturated carbocycles. The van der Waals surface area contributed by atoms with Crippen LogP contribution in [-0.2, 0) is 6.18 Å². The van der Waals surface area contributed by atoms with Gasteiger partial charge in [0.1, 0.15) is 12.0 Å². The molecular formula is C20H21F3N2O3. The average Bonchev–Trinajstić information content (AvgIpc) is 3.12. The summed E-state index contributed by atoms with van der Waals surface area (Å²) in [5.41, 5.74) is -0.433. The Bertz CT molecular complexity index is 847. The number of fused-ring (bicyclic) bond motifs is 3. The van der Waals surface area contributed by atoms with Crippen molar-refractivity contribution in [3.8, 4) is 11.7 Å². The number of alkyl halides is 3. The van der Waals surface area contributed by atoms with Gasteiger partial charge in [0.25, 0.3) is 11.9 Å². The van der Waals surface area contributed by atoms with Crippen molar-refractivity contribution in [3.05, 3.63) is 47.7 Å². The molecule has 1 amide bonds. The molecule has 1 N–H and O–H groups in total.